The summed E-state index contributed by atoms with van der Waals surface area (Å²) in [6.45, 7) is 8.12. The molecule has 0 aliphatic carbocycles. The highest BCUT2D eigenvalue weighted by Crippen LogP contribution is 2.23. The lowest BCUT2D eigenvalue weighted by atomic mass is 9.87. The number of H-pyrrole nitrogens is 1. The van der Waals surface area contributed by atoms with Gasteiger partial charge in [0.25, 0.3) is 5.56 Å². The van der Waals surface area contributed by atoms with Gasteiger partial charge in [0.2, 0.25) is 10.0 Å². The summed E-state index contributed by atoms with van der Waals surface area (Å²) in [5.41, 5.74) is 2.89. The molecule has 2 N–H and O–H groups in total. The number of sulfonamides is 1. The van der Waals surface area contributed by atoms with Crippen molar-refractivity contribution in [1.29, 1.82) is 0 Å². The second-order valence-electron chi connectivity index (χ2n) is 7.81. The number of aryl methyl sites for hydroxylation is 1. The smallest absolute Gasteiger partial charge is 0.252 e. The summed E-state index contributed by atoms with van der Waals surface area (Å²) in [6, 6.07) is 14.3. The average Bonchev–Trinajstić information content (AvgIpc) is 2.60. The van der Waals surface area contributed by atoms with E-state index in [4.69, 9.17) is 0 Å². The summed E-state index contributed by atoms with van der Waals surface area (Å²) in [4.78, 5) is 15.2. The second kappa shape index (κ2) is 6.94. The third-order valence-electron chi connectivity index (χ3n) is 4.56. The molecule has 0 radical (unpaired) electrons. The second-order valence-corrected chi connectivity index (χ2v) is 9.58. The summed E-state index contributed by atoms with van der Waals surface area (Å²) in [7, 11) is -3.70. The molecule has 6 heteroatoms. The van der Waals surface area contributed by atoms with Crippen molar-refractivity contribution in [2.75, 3.05) is 0 Å². The number of aromatic amines is 1. The third-order valence-corrected chi connectivity index (χ3v) is 5.98. The number of rotatable bonds is 4. The molecular formula is C21H24N2O3S. The molecule has 0 saturated carbocycles. The fourth-order valence-electron chi connectivity index (χ4n) is 2.89. The lowest BCUT2D eigenvalue weighted by Crippen LogP contribution is -2.27. The van der Waals surface area contributed by atoms with Crippen LogP contribution in [0.2, 0.25) is 0 Å². The average molecular weight is 385 g/mol. The molecule has 3 aromatic rings. The maximum absolute atomic E-state index is 12.6. The van der Waals surface area contributed by atoms with Crippen molar-refractivity contribution in [1.82, 2.24) is 9.71 Å². The van der Waals surface area contributed by atoms with Crippen molar-refractivity contribution in [2.24, 2.45) is 0 Å². The number of pyridine rings is 1. The van der Waals surface area contributed by atoms with E-state index in [0.29, 0.717) is 5.56 Å². The maximum Gasteiger partial charge on any atom is 0.252 e. The summed E-state index contributed by atoms with van der Waals surface area (Å²) in [5.74, 6) is 0. The highest BCUT2D eigenvalue weighted by atomic mass is 32.2. The van der Waals surface area contributed by atoms with E-state index in [1.165, 1.54) is 0 Å². The fraction of sp³-hybridized carbons (Fsp3) is 0.286. The molecule has 0 unspecified atom stereocenters. The molecular weight excluding hydrogens is 360 g/mol. The van der Waals surface area contributed by atoms with E-state index in [-0.39, 0.29) is 22.4 Å². The van der Waals surface area contributed by atoms with Crippen molar-refractivity contribution in [3.05, 3.63) is 75.6 Å². The van der Waals surface area contributed by atoms with Gasteiger partial charge in [0.15, 0.2) is 0 Å². The van der Waals surface area contributed by atoms with Crippen LogP contribution >= 0.6 is 0 Å². The van der Waals surface area contributed by atoms with E-state index in [1.54, 1.807) is 18.2 Å². The quantitative estimate of drug-likeness (QED) is 0.721. The summed E-state index contributed by atoms with van der Waals surface area (Å²) >= 11 is 0. The lowest BCUT2D eigenvalue weighted by molar-refractivity contribution is 0.578. The maximum atomic E-state index is 12.6. The van der Waals surface area contributed by atoms with Gasteiger partial charge in [-0.2, -0.15) is 0 Å². The summed E-state index contributed by atoms with van der Waals surface area (Å²) in [5, 5.41) is 0.873. The molecule has 0 bridgehead atoms. The Morgan fingerprint density at radius 2 is 1.67 bits per heavy atom. The van der Waals surface area contributed by atoms with E-state index in [9.17, 15) is 13.2 Å². The number of nitrogens with one attached hydrogen (secondary N) is 2. The first-order chi connectivity index (χ1) is 12.6. The monoisotopic (exact) mass is 384 g/mol. The van der Waals surface area contributed by atoms with Crippen LogP contribution in [0.5, 0.6) is 0 Å². The number of aromatic nitrogens is 1. The molecule has 0 spiro atoms. The van der Waals surface area contributed by atoms with Crippen molar-refractivity contribution in [3.8, 4) is 0 Å². The lowest BCUT2D eigenvalue weighted by Gasteiger charge is -2.19. The molecule has 0 aliphatic rings. The van der Waals surface area contributed by atoms with E-state index < -0.39 is 10.0 Å². The number of hydrogen-bond acceptors (Lipinski definition) is 3. The van der Waals surface area contributed by atoms with Gasteiger partial charge in [-0.25, -0.2) is 13.1 Å². The Balaban J connectivity index is 1.84. The molecule has 0 aliphatic heterocycles. The zero-order chi connectivity index (χ0) is 19.8. The van der Waals surface area contributed by atoms with Gasteiger partial charge in [0, 0.05) is 17.6 Å². The third kappa shape index (κ3) is 4.28. The van der Waals surface area contributed by atoms with Crippen LogP contribution in [0.3, 0.4) is 0 Å². The van der Waals surface area contributed by atoms with Gasteiger partial charge in [-0.3, -0.25) is 4.79 Å². The molecule has 0 atom stereocenters. The normalized spacial score (nSPS) is 12.4. The van der Waals surface area contributed by atoms with Crippen molar-refractivity contribution >= 4 is 20.9 Å². The Kier molecular flexibility index (Phi) is 4.97. The van der Waals surface area contributed by atoms with Crippen LogP contribution in [-0.2, 0) is 22.0 Å². The van der Waals surface area contributed by atoms with E-state index >= 15 is 0 Å². The zero-order valence-electron chi connectivity index (χ0n) is 16.0. The minimum Gasteiger partial charge on any atom is -0.322 e. The van der Waals surface area contributed by atoms with Gasteiger partial charge < -0.3 is 4.98 Å². The molecule has 0 saturated heterocycles. The first-order valence-electron chi connectivity index (χ1n) is 8.79. The zero-order valence-corrected chi connectivity index (χ0v) is 16.8. The van der Waals surface area contributed by atoms with Gasteiger partial charge in [0.1, 0.15) is 0 Å². The van der Waals surface area contributed by atoms with Crippen LogP contribution in [-0.4, -0.2) is 13.4 Å². The van der Waals surface area contributed by atoms with E-state index in [2.05, 4.69) is 30.5 Å². The Labute approximate surface area is 159 Å². The predicted octanol–water partition coefficient (Wildman–Crippen LogP) is 3.61. The Bertz CT molecular complexity index is 1140. The summed E-state index contributed by atoms with van der Waals surface area (Å²) in [6.07, 6.45) is 0. The molecule has 0 amide bonds. The van der Waals surface area contributed by atoms with Gasteiger partial charge in [-0.05, 0) is 53.6 Å². The molecule has 1 heterocycles. The van der Waals surface area contributed by atoms with Crippen molar-refractivity contribution in [2.45, 2.75) is 44.6 Å². The first-order valence-corrected chi connectivity index (χ1v) is 10.3. The van der Waals surface area contributed by atoms with E-state index in [0.717, 1.165) is 22.0 Å². The highest BCUT2D eigenvalue weighted by molar-refractivity contribution is 7.89. The van der Waals surface area contributed by atoms with E-state index in [1.807, 2.05) is 37.3 Å². The largest absolute Gasteiger partial charge is 0.322 e. The van der Waals surface area contributed by atoms with Crippen LogP contribution < -0.4 is 10.3 Å². The van der Waals surface area contributed by atoms with Gasteiger partial charge in [-0.15, -0.1) is 0 Å². The number of fused-ring (bicyclic) bond motifs is 1. The van der Waals surface area contributed by atoms with Gasteiger partial charge in [-0.1, -0.05) is 44.5 Å². The molecule has 5 nitrogen and oxygen atoms in total. The molecule has 3 rings (SSSR count). The first kappa shape index (κ1) is 19.3. The number of hydrogen-bond donors (Lipinski definition) is 2. The van der Waals surface area contributed by atoms with Gasteiger partial charge >= 0.3 is 0 Å². The SMILES string of the molecule is Cc1ccc2[nH]c(=O)c(CNS(=O)(=O)c3ccc(C(C)(C)C)cc3)cc2c1. The summed E-state index contributed by atoms with van der Waals surface area (Å²) < 4.78 is 27.7. The molecule has 142 valence electrons. The van der Waals surface area contributed by atoms with Crippen LogP contribution in [0, 0.1) is 6.92 Å². The Morgan fingerprint density at radius 1 is 1.00 bits per heavy atom. The Morgan fingerprint density at radius 3 is 2.30 bits per heavy atom. The van der Waals surface area contributed by atoms with Gasteiger partial charge in [0.05, 0.1) is 4.90 Å². The molecule has 2 aromatic carbocycles. The minimum atomic E-state index is -3.70. The molecule has 0 fully saturated rings. The standard InChI is InChI=1S/C21H24N2O3S/c1-14-5-10-19-15(11-14)12-16(20(24)23-19)13-22-27(25,26)18-8-6-17(7-9-18)21(2,3)4/h5-12,22H,13H2,1-4H3,(H,23,24). The topological polar surface area (TPSA) is 79.0 Å². The van der Waals surface area contributed by atoms with Crippen molar-refractivity contribution < 1.29 is 8.42 Å². The van der Waals surface area contributed by atoms with Crippen LogP contribution in [0.1, 0.15) is 37.5 Å². The Hall–Kier alpha value is -2.44. The fourth-order valence-corrected chi connectivity index (χ4v) is 3.90. The highest BCUT2D eigenvalue weighted by Gasteiger charge is 2.18. The van der Waals surface area contributed by atoms with Crippen molar-refractivity contribution in [3.63, 3.8) is 0 Å². The van der Waals surface area contributed by atoms with Crippen LogP contribution in [0.25, 0.3) is 10.9 Å². The molecule has 1 aromatic heterocycles. The van der Waals surface area contributed by atoms with Crippen LogP contribution in [0.15, 0.2) is 58.2 Å². The number of benzene rings is 2. The van der Waals surface area contributed by atoms with Crippen LogP contribution in [0.4, 0.5) is 0 Å². The minimum absolute atomic E-state index is 0.0494. The molecule has 27 heavy (non-hydrogen) atoms. The predicted molar refractivity (Wildman–Crippen MR) is 108 cm³/mol.